The van der Waals surface area contributed by atoms with E-state index in [1.165, 1.54) is 77.0 Å². The van der Waals surface area contributed by atoms with Gasteiger partial charge in [0.1, 0.15) is 13.2 Å². The maximum atomic E-state index is 12.8. The summed E-state index contributed by atoms with van der Waals surface area (Å²) in [7, 11) is 0. The molecule has 0 aromatic carbocycles. The first-order chi connectivity index (χ1) is 37.0. The second-order valence-electron chi connectivity index (χ2n) is 19.9. The fourth-order valence-corrected chi connectivity index (χ4v) is 8.05. The summed E-state index contributed by atoms with van der Waals surface area (Å²) in [6.07, 6.45) is 87.5. The molecule has 6 heteroatoms. The third kappa shape index (κ3) is 60.3. The van der Waals surface area contributed by atoms with Crippen molar-refractivity contribution in [2.75, 3.05) is 13.2 Å². The van der Waals surface area contributed by atoms with Crippen LogP contribution in [0.4, 0.5) is 0 Å². The highest BCUT2D eigenvalue weighted by molar-refractivity contribution is 5.71. The van der Waals surface area contributed by atoms with Crippen molar-refractivity contribution in [2.24, 2.45) is 0 Å². The van der Waals surface area contributed by atoms with E-state index in [1.54, 1.807) is 0 Å². The Morgan fingerprint density at radius 2 is 0.520 bits per heavy atom. The van der Waals surface area contributed by atoms with Crippen LogP contribution in [0.1, 0.15) is 265 Å². The number of carbonyl (C=O) groups excluding carboxylic acids is 3. The summed E-state index contributed by atoms with van der Waals surface area (Å²) in [5, 5.41) is 0. The number of ether oxygens (including phenoxy) is 3. The van der Waals surface area contributed by atoms with Crippen LogP contribution in [-0.4, -0.2) is 37.2 Å². The number of allylic oxidation sites excluding steroid dienone is 22. The van der Waals surface area contributed by atoms with Crippen LogP contribution >= 0.6 is 0 Å². The molecule has 0 N–H and O–H groups in total. The van der Waals surface area contributed by atoms with Gasteiger partial charge < -0.3 is 14.2 Å². The zero-order valence-electron chi connectivity index (χ0n) is 48.5. The van der Waals surface area contributed by atoms with Crippen molar-refractivity contribution in [3.8, 4) is 0 Å². The lowest BCUT2D eigenvalue weighted by Gasteiger charge is -2.18. The van der Waals surface area contributed by atoms with Gasteiger partial charge in [-0.15, -0.1) is 0 Å². The lowest BCUT2D eigenvalue weighted by molar-refractivity contribution is -0.167. The van der Waals surface area contributed by atoms with Gasteiger partial charge in [0.15, 0.2) is 6.10 Å². The van der Waals surface area contributed by atoms with Gasteiger partial charge >= 0.3 is 17.9 Å². The number of carbonyl (C=O) groups is 3. The molecule has 0 bridgehead atoms. The lowest BCUT2D eigenvalue weighted by atomic mass is 10.1. The summed E-state index contributed by atoms with van der Waals surface area (Å²) in [6.45, 7) is 6.45. The molecule has 0 aromatic rings. The SMILES string of the molecule is CC/C=C\C/C=C\C/C=C\C/C=C\C/C=C\C/C=C\C/C=C\C/C=C\C/C=C\C/C=C\CCCCCCC(=O)OCC(COC(=O)CCCCCCCCCCC)OC(=O)CCCCCCC/C=C\CCCCCC. The predicted molar refractivity (Wildman–Crippen MR) is 325 cm³/mol. The Bertz CT molecular complexity index is 1620. The largest absolute Gasteiger partial charge is 0.462 e. The maximum absolute atomic E-state index is 12.8. The van der Waals surface area contributed by atoms with Crippen LogP contribution < -0.4 is 0 Å². The van der Waals surface area contributed by atoms with Crippen LogP contribution in [0.25, 0.3) is 0 Å². The van der Waals surface area contributed by atoms with Gasteiger partial charge in [-0.3, -0.25) is 14.4 Å². The maximum Gasteiger partial charge on any atom is 0.306 e. The van der Waals surface area contributed by atoms with Crippen molar-refractivity contribution in [3.63, 3.8) is 0 Å². The molecule has 0 saturated heterocycles. The quantitative estimate of drug-likeness (QED) is 0.0261. The molecule has 1 atom stereocenters. The third-order valence-electron chi connectivity index (χ3n) is 12.6. The minimum Gasteiger partial charge on any atom is -0.462 e. The van der Waals surface area contributed by atoms with Crippen LogP contribution in [0, 0.1) is 0 Å². The van der Waals surface area contributed by atoms with E-state index < -0.39 is 6.10 Å². The van der Waals surface area contributed by atoms with Gasteiger partial charge in [0.25, 0.3) is 0 Å². The van der Waals surface area contributed by atoms with Crippen molar-refractivity contribution in [3.05, 3.63) is 134 Å². The van der Waals surface area contributed by atoms with Crippen molar-refractivity contribution >= 4 is 17.9 Å². The minimum atomic E-state index is -0.793. The van der Waals surface area contributed by atoms with Crippen molar-refractivity contribution in [1.82, 2.24) is 0 Å². The van der Waals surface area contributed by atoms with Crippen LogP contribution in [0.2, 0.25) is 0 Å². The Kier molecular flexibility index (Phi) is 58.4. The fourth-order valence-electron chi connectivity index (χ4n) is 8.05. The standard InChI is InChI=1S/C69H112O6/c1-4-7-10-13-16-19-21-23-24-25-26-27-28-29-30-31-32-33-34-35-36-37-38-39-40-41-42-43-44-46-47-50-53-56-59-62-68(71)74-65-66(64-73-67(70)61-58-55-52-49-18-15-12-9-6-3)75-69(72)63-60-57-54-51-48-45-22-20-17-14-11-8-5-2/h7,10,16,19-20,22-24,26-27,29-30,32-33,35-36,38-39,41-42,44,46,66H,4-6,8-9,11-15,17-18,21,25,28,31,34,37,40,43,45,47-65H2,1-3H3/b10-7-,19-16-,22-20-,24-23-,27-26-,30-29-,33-32-,36-35-,39-38-,42-41-,46-44-. The van der Waals surface area contributed by atoms with Crippen LogP contribution in [0.5, 0.6) is 0 Å². The molecule has 0 aromatic heterocycles. The van der Waals surface area contributed by atoms with E-state index >= 15 is 0 Å². The van der Waals surface area contributed by atoms with Gasteiger partial charge in [-0.05, 0) is 122 Å². The van der Waals surface area contributed by atoms with E-state index in [-0.39, 0.29) is 31.1 Å². The molecule has 0 saturated carbocycles. The summed E-state index contributed by atoms with van der Waals surface area (Å²) in [5.74, 6) is -0.931. The Morgan fingerprint density at radius 3 is 0.840 bits per heavy atom. The molecule has 0 radical (unpaired) electrons. The lowest BCUT2D eigenvalue weighted by Crippen LogP contribution is -2.30. The highest BCUT2D eigenvalue weighted by atomic mass is 16.6. The Morgan fingerprint density at radius 1 is 0.280 bits per heavy atom. The van der Waals surface area contributed by atoms with Gasteiger partial charge in [-0.2, -0.15) is 0 Å². The monoisotopic (exact) mass is 1040 g/mol. The molecule has 424 valence electrons. The van der Waals surface area contributed by atoms with Gasteiger partial charge in [-0.1, -0.05) is 257 Å². The van der Waals surface area contributed by atoms with Crippen LogP contribution in [-0.2, 0) is 28.6 Å². The molecule has 75 heavy (non-hydrogen) atoms. The molecule has 0 aliphatic rings. The first kappa shape index (κ1) is 70.5. The van der Waals surface area contributed by atoms with E-state index in [2.05, 4.69) is 154 Å². The number of rotatable bonds is 54. The van der Waals surface area contributed by atoms with Crippen molar-refractivity contribution < 1.29 is 28.6 Å². The van der Waals surface area contributed by atoms with Gasteiger partial charge in [-0.25, -0.2) is 0 Å². The number of hydrogen-bond donors (Lipinski definition) is 0. The Hall–Kier alpha value is -4.45. The molecular formula is C69H112O6. The minimum absolute atomic E-state index is 0.0904. The summed E-state index contributed by atoms with van der Waals surface area (Å²) in [4.78, 5) is 38.0. The summed E-state index contributed by atoms with van der Waals surface area (Å²) < 4.78 is 16.8. The van der Waals surface area contributed by atoms with Crippen molar-refractivity contribution in [2.45, 2.75) is 271 Å². The van der Waals surface area contributed by atoms with Crippen molar-refractivity contribution in [1.29, 1.82) is 0 Å². The normalized spacial score (nSPS) is 13.1. The number of hydrogen-bond acceptors (Lipinski definition) is 6. The average molecular weight is 1040 g/mol. The van der Waals surface area contributed by atoms with Gasteiger partial charge in [0.05, 0.1) is 0 Å². The predicted octanol–water partition coefficient (Wildman–Crippen LogP) is 21.0. The smallest absolute Gasteiger partial charge is 0.306 e. The second-order valence-corrected chi connectivity index (χ2v) is 19.9. The molecule has 6 nitrogen and oxygen atoms in total. The molecule has 0 fully saturated rings. The molecule has 0 aliphatic heterocycles. The van der Waals surface area contributed by atoms with E-state index in [1.807, 2.05) is 0 Å². The highest BCUT2D eigenvalue weighted by Crippen LogP contribution is 2.14. The average Bonchev–Trinajstić information content (AvgIpc) is 3.41. The number of unbranched alkanes of at least 4 members (excludes halogenated alkanes) is 21. The molecule has 0 aliphatic carbocycles. The highest BCUT2D eigenvalue weighted by Gasteiger charge is 2.19. The molecule has 0 heterocycles. The van der Waals surface area contributed by atoms with E-state index in [0.717, 1.165) is 148 Å². The molecule has 0 amide bonds. The summed E-state index contributed by atoms with van der Waals surface area (Å²) >= 11 is 0. The van der Waals surface area contributed by atoms with E-state index in [0.29, 0.717) is 19.3 Å². The van der Waals surface area contributed by atoms with E-state index in [9.17, 15) is 14.4 Å². The van der Waals surface area contributed by atoms with Gasteiger partial charge in [0.2, 0.25) is 0 Å². The van der Waals surface area contributed by atoms with Crippen LogP contribution in [0.3, 0.4) is 0 Å². The third-order valence-corrected chi connectivity index (χ3v) is 12.6. The zero-order valence-corrected chi connectivity index (χ0v) is 48.5. The molecule has 0 rings (SSSR count). The Labute approximate surface area is 462 Å². The first-order valence-electron chi connectivity index (χ1n) is 30.7. The zero-order chi connectivity index (χ0) is 54.3. The number of esters is 3. The van der Waals surface area contributed by atoms with Crippen LogP contribution in [0.15, 0.2) is 134 Å². The molecule has 1 unspecified atom stereocenters. The Balaban J connectivity index is 4.23. The topological polar surface area (TPSA) is 78.9 Å². The van der Waals surface area contributed by atoms with E-state index in [4.69, 9.17) is 14.2 Å². The fraction of sp³-hybridized carbons (Fsp3) is 0.638. The summed E-state index contributed by atoms with van der Waals surface area (Å²) in [6, 6.07) is 0. The molecule has 0 spiro atoms. The summed E-state index contributed by atoms with van der Waals surface area (Å²) in [5.41, 5.74) is 0. The van der Waals surface area contributed by atoms with Gasteiger partial charge in [0, 0.05) is 19.3 Å². The first-order valence-corrected chi connectivity index (χ1v) is 30.7. The molecular weight excluding hydrogens is 925 g/mol. The second kappa shape index (κ2) is 62.1.